The summed E-state index contributed by atoms with van der Waals surface area (Å²) in [6, 6.07) is 16.3. The number of rotatable bonds is 4. The lowest BCUT2D eigenvalue weighted by Gasteiger charge is -2.38. The van der Waals surface area contributed by atoms with Crippen LogP contribution in [0.2, 0.25) is 0 Å². The van der Waals surface area contributed by atoms with Crippen molar-refractivity contribution in [3.05, 3.63) is 91.8 Å². The van der Waals surface area contributed by atoms with E-state index in [0.29, 0.717) is 6.42 Å². The van der Waals surface area contributed by atoms with E-state index in [1.165, 1.54) is 12.1 Å². The summed E-state index contributed by atoms with van der Waals surface area (Å²) in [5, 5.41) is 17.8. The average Bonchev–Trinajstić information content (AvgIpc) is 3.40. The summed E-state index contributed by atoms with van der Waals surface area (Å²) >= 11 is 3.55. The van der Waals surface area contributed by atoms with Gasteiger partial charge in [0.1, 0.15) is 23.0 Å². The molecule has 0 saturated heterocycles. The Bertz CT molecular complexity index is 1160. The molecular formula is C22H18BrN3O4. The number of benzene rings is 2. The molecule has 3 heterocycles. The highest BCUT2D eigenvalue weighted by Crippen LogP contribution is 2.48. The van der Waals surface area contributed by atoms with Crippen LogP contribution in [0.5, 0.6) is 5.75 Å². The molecule has 0 N–H and O–H groups in total. The van der Waals surface area contributed by atoms with Gasteiger partial charge < -0.3 is 9.15 Å². The molecule has 152 valence electrons. The third-order valence-corrected chi connectivity index (χ3v) is 5.93. The maximum absolute atomic E-state index is 11.0. The van der Waals surface area contributed by atoms with Gasteiger partial charge in [0.05, 0.1) is 11.0 Å². The van der Waals surface area contributed by atoms with Crippen molar-refractivity contribution in [3.8, 4) is 5.75 Å². The first kappa shape index (κ1) is 18.9. The van der Waals surface area contributed by atoms with Gasteiger partial charge in [0.15, 0.2) is 0 Å². The topological polar surface area (TPSA) is 81.1 Å². The second kappa shape index (κ2) is 7.28. The van der Waals surface area contributed by atoms with Gasteiger partial charge in [-0.2, -0.15) is 5.10 Å². The van der Waals surface area contributed by atoms with Crippen molar-refractivity contribution in [1.82, 2.24) is 5.01 Å². The summed E-state index contributed by atoms with van der Waals surface area (Å²) in [5.74, 6) is 2.47. The Morgan fingerprint density at radius 1 is 1.20 bits per heavy atom. The standard InChI is InChI=1S/C22H18BrN3O4/c1-2-16-8-10-21(29-16)18-12-19-17-11-14(23)5-9-20(17)30-22(25(19)24-18)13-3-6-15(7-4-13)26(27)28/h3-11,19,22H,2,12H2,1H3/t19-,22-/m1/s1. The van der Waals surface area contributed by atoms with Crippen molar-refractivity contribution >= 4 is 27.3 Å². The lowest BCUT2D eigenvalue weighted by atomic mass is 9.97. The predicted octanol–water partition coefficient (Wildman–Crippen LogP) is 5.76. The molecule has 0 saturated carbocycles. The molecule has 2 atom stereocenters. The van der Waals surface area contributed by atoms with Gasteiger partial charge in [0.25, 0.3) is 5.69 Å². The highest BCUT2D eigenvalue weighted by molar-refractivity contribution is 9.10. The zero-order chi connectivity index (χ0) is 20.8. The number of ether oxygens (including phenoxy) is 1. The van der Waals surface area contributed by atoms with E-state index in [4.69, 9.17) is 14.3 Å². The SMILES string of the molecule is CCc1ccc(C2=NN3[C@H](C2)c2cc(Br)ccc2O[C@@H]3c2ccc([N+](=O)[O-])cc2)o1. The van der Waals surface area contributed by atoms with Crippen molar-refractivity contribution in [3.63, 3.8) is 0 Å². The zero-order valence-corrected chi connectivity index (χ0v) is 17.7. The third-order valence-electron chi connectivity index (χ3n) is 5.44. The van der Waals surface area contributed by atoms with Gasteiger partial charge in [0.2, 0.25) is 6.23 Å². The first-order valence-electron chi connectivity index (χ1n) is 9.69. The number of hydrazone groups is 1. The van der Waals surface area contributed by atoms with Gasteiger partial charge in [-0.05, 0) is 42.5 Å². The Hall–Kier alpha value is -3.13. The van der Waals surface area contributed by atoms with Crippen LogP contribution in [0.1, 0.15) is 48.3 Å². The molecule has 5 rings (SSSR count). The van der Waals surface area contributed by atoms with Gasteiger partial charge in [-0.15, -0.1) is 0 Å². The predicted molar refractivity (Wildman–Crippen MR) is 114 cm³/mol. The van der Waals surface area contributed by atoms with Crippen molar-refractivity contribution in [2.75, 3.05) is 0 Å². The Morgan fingerprint density at radius 2 is 2.00 bits per heavy atom. The van der Waals surface area contributed by atoms with Gasteiger partial charge >= 0.3 is 0 Å². The number of aryl methyl sites for hydroxylation is 1. The molecule has 8 heteroatoms. The van der Waals surface area contributed by atoms with Gasteiger partial charge in [0, 0.05) is 40.6 Å². The molecule has 0 bridgehead atoms. The van der Waals surface area contributed by atoms with E-state index in [2.05, 4.69) is 28.9 Å². The van der Waals surface area contributed by atoms with Crippen LogP contribution in [0.25, 0.3) is 0 Å². The van der Waals surface area contributed by atoms with Crippen LogP contribution in [-0.4, -0.2) is 15.6 Å². The van der Waals surface area contributed by atoms with Crippen molar-refractivity contribution in [1.29, 1.82) is 0 Å². The van der Waals surface area contributed by atoms with Gasteiger partial charge in [-0.1, -0.05) is 22.9 Å². The summed E-state index contributed by atoms with van der Waals surface area (Å²) in [6.07, 6.45) is 1.03. The molecule has 0 fully saturated rings. The summed E-state index contributed by atoms with van der Waals surface area (Å²) in [4.78, 5) is 10.6. The fourth-order valence-electron chi connectivity index (χ4n) is 3.91. The third kappa shape index (κ3) is 3.17. The highest BCUT2D eigenvalue weighted by Gasteiger charge is 2.41. The molecule has 0 radical (unpaired) electrons. The maximum atomic E-state index is 11.0. The van der Waals surface area contributed by atoms with Crippen LogP contribution in [0.3, 0.4) is 0 Å². The molecule has 0 spiro atoms. The van der Waals surface area contributed by atoms with Gasteiger partial charge in [-0.25, -0.2) is 5.01 Å². The number of hydrogen-bond acceptors (Lipinski definition) is 6. The van der Waals surface area contributed by atoms with E-state index >= 15 is 0 Å². The molecular weight excluding hydrogens is 450 g/mol. The van der Waals surface area contributed by atoms with E-state index in [9.17, 15) is 10.1 Å². The number of fused-ring (bicyclic) bond motifs is 3. The number of halogens is 1. The molecule has 7 nitrogen and oxygen atoms in total. The summed E-state index contributed by atoms with van der Waals surface area (Å²) in [5.41, 5.74) is 2.76. The molecule has 0 amide bonds. The lowest BCUT2D eigenvalue weighted by Crippen LogP contribution is -2.33. The maximum Gasteiger partial charge on any atom is 0.269 e. The van der Waals surface area contributed by atoms with Crippen LogP contribution < -0.4 is 4.74 Å². The fourth-order valence-corrected chi connectivity index (χ4v) is 4.29. The van der Waals surface area contributed by atoms with Crippen LogP contribution in [0.4, 0.5) is 5.69 Å². The Morgan fingerprint density at radius 3 is 2.70 bits per heavy atom. The number of nitro groups is 1. The molecule has 2 aliphatic heterocycles. The fraction of sp³-hybridized carbons (Fsp3) is 0.227. The minimum Gasteiger partial charge on any atom is -0.464 e. The van der Waals surface area contributed by atoms with E-state index in [0.717, 1.165) is 45.0 Å². The Balaban J connectivity index is 1.56. The van der Waals surface area contributed by atoms with E-state index in [-0.39, 0.29) is 11.7 Å². The van der Waals surface area contributed by atoms with Crippen LogP contribution >= 0.6 is 15.9 Å². The molecule has 3 aromatic rings. The van der Waals surface area contributed by atoms with E-state index < -0.39 is 11.2 Å². The second-order valence-electron chi connectivity index (χ2n) is 7.27. The van der Waals surface area contributed by atoms with Crippen molar-refractivity contribution < 1.29 is 14.1 Å². The second-order valence-corrected chi connectivity index (χ2v) is 8.18. The van der Waals surface area contributed by atoms with Crippen molar-refractivity contribution in [2.24, 2.45) is 5.10 Å². The number of hydrogen-bond donors (Lipinski definition) is 0. The number of nitrogens with zero attached hydrogens (tertiary/aromatic N) is 3. The van der Waals surface area contributed by atoms with E-state index in [1.807, 2.05) is 29.3 Å². The highest BCUT2D eigenvalue weighted by atomic mass is 79.9. The number of nitro benzene ring substituents is 1. The molecule has 30 heavy (non-hydrogen) atoms. The minimum atomic E-state index is -0.484. The molecule has 2 aliphatic rings. The molecule has 1 aromatic heterocycles. The summed E-state index contributed by atoms with van der Waals surface area (Å²) < 4.78 is 13.2. The monoisotopic (exact) mass is 467 g/mol. The zero-order valence-electron chi connectivity index (χ0n) is 16.1. The Labute approximate surface area is 181 Å². The largest absolute Gasteiger partial charge is 0.464 e. The van der Waals surface area contributed by atoms with Crippen LogP contribution in [0, 0.1) is 10.1 Å². The van der Waals surface area contributed by atoms with Crippen LogP contribution in [0.15, 0.2) is 68.6 Å². The smallest absolute Gasteiger partial charge is 0.269 e. The summed E-state index contributed by atoms with van der Waals surface area (Å²) in [6.45, 7) is 2.05. The first-order chi connectivity index (χ1) is 14.5. The molecule has 2 aromatic carbocycles. The van der Waals surface area contributed by atoms with E-state index in [1.54, 1.807) is 12.1 Å². The normalized spacial score (nSPS) is 19.7. The molecule has 0 aliphatic carbocycles. The molecule has 0 unspecified atom stereocenters. The van der Waals surface area contributed by atoms with Crippen molar-refractivity contribution in [2.45, 2.75) is 32.0 Å². The average molecular weight is 468 g/mol. The quantitative estimate of drug-likeness (QED) is 0.360. The minimum absolute atomic E-state index is 0.0170. The number of non-ortho nitro benzene ring substituents is 1. The number of furan rings is 1. The summed E-state index contributed by atoms with van der Waals surface area (Å²) in [7, 11) is 0. The first-order valence-corrected chi connectivity index (χ1v) is 10.5. The lowest BCUT2D eigenvalue weighted by molar-refractivity contribution is -0.384. The van der Waals surface area contributed by atoms with Crippen LogP contribution in [-0.2, 0) is 6.42 Å². The van der Waals surface area contributed by atoms with Gasteiger partial charge in [-0.3, -0.25) is 10.1 Å². The Kier molecular flexibility index (Phi) is 4.58.